The molecule has 0 bridgehead atoms. The van der Waals surface area contributed by atoms with Crippen molar-refractivity contribution in [2.75, 3.05) is 12.4 Å². The van der Waals surface area contributed by atoms with Gasteiger partial charge in [-0.15, -0.1) is 11.3 Å². The number of rotatable bonds is 6. The number of ether oxygens (including phenoxy) is 1. The summed E-state index contributed by atoms with van der Waals surface area (Å²) >= 11 is 1.36. The fourth-order valence-electron chi connectivity index (χ4n) is 1.67. The SMILES string of the molecule is COC(=O)CCCc1csc(NC(=O)c2ccncc2)n1. The molecule has 0 saturated carbocycles. The highest BCUT2D eigenvalue weighted by Crippen LogP contribution is 2.18. The van der Waals surface area contributed by atoms with E-state index in [1.807, 2.05) is 5.38 Å². The molecule has 0 unspecified atom stereocenters. The summed E-state index contributed by atoms with van der Waals surface area (Å²) in [4.78, 5) is 31.1. The number of carbonyl (C=O) groups is 2. The molecule has 0 saturated heterocycles. The van der Waals surface area contributed by atoms with E-state index in [0.29, 0.717) is 30.0 Å². The molecule has 110 valence electrons. The highest BCUT2D eigenvalue weighted by molar-refractivity contribution is 7.13. The number of hydrogen-bond donors (Lipinski definition) is 1. The molecular formula is C14H15N3O3S. The Bertz CT molecular complexity index is 613. The van der Waals surface area contributed by atoms with Gasteiger partial charge in [0.25, 0.3) is 5.91 Å². The summed E-state index contributed by atoms with van der Waals surface area (Å²) in [6.45, 7) is 0. The number of esters is 1. The minimum atomic E-state index is -0.226. The Balaban J connectivity index is 1.85. The molecule has 6 nitrogen and oxygen atoms in total. The maximum Gasteiger partial charge on any atom is 0.305 e. The molecule has 7 heteroatoms. The first-order valence-corrected chi connectivity index (χ1v) is 7.29. The lowest BCUT2D eigenvalue weighted by atomic mass is 10.2. The average molecular weight is 305 g/mol. The van der Waals surface area contributed by atoms with Gasteiger partial charge >= 0.3 is 5.97 Å². The molecule has 0 fully saturated rings. The molecule has 0 radical (unpaired) electrons. The number of pyridine rings is 1. The maximum atomic E-state index is 11.9. The fourth-order valence-corrected chi connectivity index (χ4v) is 2.41. The van der Waals surface area contributed by atoms with Gasteiger partial charge in [-0.3, -0.25) is 19.9 Å². The number of thiazole rings is 1. The second-order valence-electron chi connectivity index (χ2n) is 4.26. The molecule has 21 heavy (non-hydrogen) atoms. The van der Waals surface area contributed by atoms with Gasteiger partial charge in [0.1, 0.15) is 0 Å². The highest BCUT2D eigenvalue weighted by Gasteiger charge is 2.09. The van der Waals surface area contributed by atoms with Crippen LogP contribution in [-0.4, -0.2) is 29.0 Å². The Kier molecular flexibility index (Phi) is 5.39. The van der Waals surface area contributed by atoms with E-state index in [1.54, 1.807) is 24.5 Å². The minimum absolute atomic E-state index is 0.215. The van der Waals surface area contributed by atoms with Gasteiger partial charge in [0, 0.05) is 29.8 Å². The zero-order chi connectivity index (χ0) is 15.1. The van der Waals surface area contributed by atoms with Crippen LogP contribution in [-0.2, 0) is 16.0 Å². The summed E-state index contributed by atoms with van der Waals surface area (Å²) in [5.74, 6) is -0.440. The first kappa shape index (κ1) is 15.1. The van der Waals surface area contributed by atoms with Crippen molar-refractivity contribution in [3.63, 3.8) is 0 Å². The number of anilines is 1. The Labute approximate surface area is 126 Å². The molecule has 1 amide bonds. The summed E-state index contributed by atoms with van der Waals surface area (Å²) in [5.41, 5.74) is 1.39. The van der Waals surface area contributed by atoms with Gasteiger partial charge in [0.15, 0.2) is 5.13 Å². The number of nitrogens with one attached hydrogen (secondary N) is 1. The van der Waals surface area contributed by atoms with Crippen molar-refractivity contribution in [3.05, 3.63) is 41.2 Å². The van der Waals surface area contributed by atoms with E-state index < -0.39 is 0 Å². The summed E-state index contributed by atoms with van der Waals surface area (Å²) < 4.78 is 4.58. The average Bonchev–Trinajstić information content (AvgIpc) is 2.95. The third-order valence-electron chi connectivity index (χ3n) is 2.76. The molecule has 0 aliphatic rings. The number of carbonyl (C=O) groups excluding carboxylic acids is 2. The Morgan fingerprint density at radius 1 is 1.33 bits per heavy atom. The van der Waals surface area contributed by atoms with Crippen LogP contribution < -0.4 is 5.32 Å². The molecule has 0 atom stereocenters. The molecule has 2 aromatic heterocycles. The highest BCUT2D eigenvalue weighted by atomic mass is 32.1. The van der Waals surface area contributed by atoms with E-state index in [2.05, 4.69) is 20.0 Å². The monoisotopic (exact) mass is 305 g/mol. The summed E-state index contributed by atoms with van der Waals surface area (Å²) in [6.07, 6.45) is 4.85. The second kappa shape index (κ2) is 7.49. The normalized spacial score (nSPS) is 10.1. The van der Waals surface area contributed by atoms with E-state index in [4.69, 9.17) is 0 Å². The van der Waals surface area contributed by atoms with Crippen LogP contribution in [0.3, 0.4) is 0 Å². The Morgan fingerprint density at radius 3 is 2.81 bits per heavy atom. The van der Waals surface area contributed by atoms with Gasteiger partial charge in [-0.1, -0.05) is 0 Å². The molecule has 0 aliphatic carbocycles. The first-order valence-electron chi connectivity index (χ1n) is 6.41. The molecule has 0 spiro atoms. The molecular weight excluding hydrogens is 290 g/mol. The summed E-state index contributed by atoms with van der Waals surface area (Å²) in [5, 5.41) is 5.16. The van der Waals surface area contributed by atoms with E-state index in [0.717, 1.165) is 5.69 Å². The van der Waals surface area contributed by atoms with E-state index in [9.17, 15) is 9.59 Å². The number of hydrogen-bond acceptors (Lipinski definition) is 6. The number of methoxy groups -OCH3 is 1. The predicted molar refractivity (Wildman–Crippen MR) is 79.3 cm³/mol. The summed E-state index contributed by atoms with van der Waals surface area (Å²) in [7, 11) is 1.37. The van der Waals surface area contributed by atoms with Gasteiger partial charge in [-0.05, 0) is 25.0 Å². The van der Waals surface area contributed by atoms with Crippen molar-refractivity contribution in [2.24, 2.45) is 0 Å². The van der Waals surface area contributed by atoms with E-state index in [-0.39, 0.29) is 11.9 Å². The molecule has 0 aromatic carbocycles. The van der Waals surface area contributed by atoms with Crippen molar-refractivity contribution in [1.82, 2.24) is 9.97 Å². The van der Waals surface area contributed by atoms with Crippen LogP contribution in [0.15, 0.2) is 29.9 Å². The molecule has 2 aromatic rings. The third kappa shape index (κ3) is 4.64. The maximum absolute atomic E-state index is 11.9. The molecule has 2 heterocycles. The summed E-state index contributed by atoms with van der Waals surface area (Å²) in [6, 6.07) is 3.28. The van der Waals surface area contributed by atoms with Crippen LogP contribution >= 0.6 is 11.3 Å². The van der Waals surface area contributed by atoms with Crippen LogP contribution in [0.2, 0.25) is 0 Å². The van der Waals surface area contributed by atoms with Crippen LogP contribution in [0.25, 0.3) is 0 Å². The first-order chi connectivity index (χ1) is 10.2. The van der Waals surface area contributed by atoms with Crippen molar-refractivity contribution < 1.29 is 14.3 Å². The zero-order valence-electron chi connectivity index (χ0n) is 11.5. The van der Waals surface area contributed by atoms with Crippen LogP contribution in [0.1, 0.15) is 28.9 Å². The van der Waals surface area contributed by atoms with Crippen LogP contribution in [0.4, 0.5) is 5.13 Å². The zero-order valence-corrected chi connectivity index (χ0v) is 12.4. The van der Waals surface area contributed by atoms with Crippen molar-refractivity contribution in [2.45, 2.75) is 19.3 Å². The smallest absolute Gasteiger partial charge is 0.305 e. The third-order valence-corrected chi connectivity index (χ3v) is 3.56. The fraction of sp³-hybridized carbons (Fsp3) is 0.286. The van der Waals surface area contributed by atoms with E-state index >= 15 is 0 Å². The standard InChI is InChI=1S/C14H15N3O3S/c1-20-12(18)4-2-3-11-9-21-14(16-11)17-13(19)10-5-7-15-8-6-10/h5-9H,2-4H2,1H3,(H,16,17,19). The minimum Gasteiger partial charge on any atom is -0.469 e. The van der Waals surface area contributed by atoms with Crippen molar-refractivity contribution in [3.8, 4) is 0 Å². The lowest BCUT2D eigenvalue weighted by Crippen LogP contribution is -2.11. The largest absolute Gasteiger partial charge is 0.469 e. The number of amides is 1. The quantitative estimate of drug-likeness (QED) is 0.828. The number of aromatic nitrogens is 2. The molecule has 2 rings (SSSR count). The van der Waals surface area contributed by atoms with Crippen LogP contribution in [0.5, 0.6) is 0 Å². The number of aryl methyl sites for hydroxylation is 1. The van der Waals surface area contributed by atoms with Crippen molar-refractivity contribution in [1.29, 1.82) is 0 Å². The van der Waals surface area contributed by atoms with Gasteiger partial charge in [0.2, 0.25) is 0 Å². The van der Waals surface area contributed by atoms with E-state index in [1.165, 1.54) is 18.4 Å². The topological polar surface area (TPSA) is 81.2 Å². The molecule has 0 aliphatic heterocycles. The molecule has 1 N–H and O–H groups in total. The number of nitrogens with zero attached hydrogens (tertiary/aromatic N) is 2. The van der Waals surface area contributed by atoms with Crippen LogP contribution in [0, 0.1) is 0 Å². The Morgan fingerprint density at radius 2 is 2.10 bits per heavy atom. The lowest BCUT2D eigenvalue weighted by molar-refractivity contribution is -0.140. The Hall–Kier alpha value is -2.28. The van der Waals surface area contributed by atoms with Gasteiger partial charge in [0.05, 0.1) is 12.8 Å². The predicted octanol–water partition coefficient (Wildman–Crippen LogP) is 2.29. The van der Waals surface area contributed by atoms with Gasteiger partial charge in [-0.2, -0.15) is 0 Å². The second-order valence-corrected chi connectivity index (χ2v) is 5.12. The van der Waals surface area contributed by atoms with Crippen molar-refractivity contribution >= 4 is 28.3 Å². The van der Waals surface area contributed by atoms with Gasteiger partial charge < -0.3 is 4.74 Å². The van der Waals surface area contributed by atoms with Gasteiger partial charge in [-0.25, -0.2) is 4.98 Å². The lowest BCUT2D eigenvalue weighted by Gasteiger charge is -2.00.